The van der Waals surface area contributed by atoms with E-state index in [2.05, 4.69) is 10.6 Å². The Balaban J connectivity index is 1.81. The molecule has 1 amide bonds. The third kappa shape index (κ3) is 4.11. The Morgan fingerprint density at radius 1 is 1.37 bits per heavy atom. The van der Waals surface area contributed by atoms with Crippen LogP contribution in [0.15, 0.2) is 24.3 Å². The highest BCUT2D eigenvalue weighted by Crippen LogP contribution is 2.19. The van der Waals surface area contributed by atoms with Gasteiger partial charge in [0.15, 0.2) is 9.84 Å². The molecule has 0 spiro atoms. The Labute approximate surface area is 117 Å². The van der Waals surface area contributed by atoms with Crippen molar-refractivity contribution in [3.8, 4) is 0 Å². The molecule has 1 aliphatic rings. The second-order valence-corrected chi connectivity index (χ2v) is 7.14. The van der Waals surface area contributed by atoms with Crippen molar-refractivity contribution in [3.63, 3.8) is 0 Å². The number of anilines is 1. The van der Waals surface area contributed by atoms with Crippen molar-refractivity contribution in [1.29, 1.82) is 0 Å². The summed E-state index contributed by atoms with van der Waals surface area (Å²) in [6, 6.07) is 6.85. The zero-order valence-corrected chi connectivity index (χ0v) is 11.8. The minimum atomic E-state index is -2.97. The number of nitrogens with one attached hydrogen (secondary N) is 2. The van der Waals surface area contributed by atoms with Gasteiger partial charge in [-0.05, 0) is 18.6 Å². The zero-order valence-electron chi connectivity index (χ0n) is 10.2. The van der Waals surface area contributed by atoms with Crippen LogP contribution in [0.3, 0.4) is 0 Å². The number of hydrogen-bond acceptors (Lipinski definition) is 4. The van der Waals surface area contributed by atoms with Crippen molar-refractivity contribution in [2.24, 2.45) is 0 Å². The van der Waals surface area contributed by atoms with Gasteiger partial charge in [0.2, 0.25) is 5.91 Å². The van der Waals surface area contributed by atoms with Gasteiger partial charge in [0, 0.05) is 6.04 Å². The number of carbonyl (C=O) groups excluding carboxylic acids is 1. The Bertz CT molecular complexity index is 574. The van der Waals surface area contributed by atoms with Crippen molar-refractivity contribution in [2.75, 3.05) is 23.4 Å². The first kappa shape index (κ1) is 14.1. The van der Waals surface area contributed by atoms with Gasteiger partial charge >= 0.3 is 0 Å². The van der Waals surface area contributed by atoms with E-state index in [0.717, 1.165) is 0 Å². The molecule has 19 heavy (non-hydrogen) atoms. The Hall–Kier alpha value is -1.27. The summed E-state index contributed by atoms with van der Waals surface area (Å²) in [4.78, 5) is 11.7. The second kappa shape index (κ2) is 5.79. The summed E-state index contributed by atoms with van der Waals surface area (Å²) < 4.78 is 22.5. The van der Waals surface area contributed by atoms with E-state index in [9.17, 15) is 13.2 Å². The molecule has 1 saturated heterocycles. The molecule has 0 unspecified atom stereocenters. The number of carbonyl (C=O) groups is 1. The summed E-state index contributed by atoms with van der Waals surface area (Å²) in [5, 5.41) is 6.15. The van der Waals surface area contributed by atoms with Crippen LogP contribution in [-0.2, 0) is 14.6 Å². The lowest BCUT2D eigenvalue weighted by Crippen LogP contribution is -2.39. The molecule has 1 aliphatic heterocycles. The number of amides is 1. The van der Waals surface area contributed by atoms with E-state index in [4.69, 9.17) is 11.6 Å². The number of benzene rings is 1. The summed E-state index contributed by atoms with van der Waals surface area (Å²) >= 11 is 5.94. The van der Waals surface area contributed by atoms with Gasteiger partial charge in [0.05, 0.1) is 28.8 Å². The molecule has 0 aromatic heterocycles. The maximum absolute atomic E-state index is 11.7. The van der Waals surface area contributed by atoms with Crippen LogP contribution in [0.2, 0.25) is 5.02 Å². The summed E-state index contributed by atoms with van der Waals surface area (Å²) in [6.45, 7) is 0.0697. The predicted molar refractivity (Wildman–Crippen MR) is 75.1 cm³/mol. The topological polar surface area (TPSA) is 75.3 Å². The van der Waals surface area contributed by atoms with Gasteiger partial charge in [-0.2, -0.15) is 0 Å². The lowest BCUT2D eigenvalue weighted by Gasteiger charge is -2.12. The van der Waals surface area contributed by atoms with Gasteiger partial charge in [-0.15, -0.1) is 0 Å². The van der Waals surface area contributed by atoms with Crippen LogP contribution < -0.4 is 10.6 Å². The van der Waals surface area contributed by atoms with Crippen molar-refractivity contribution in [2.45, 2.75) is 12.5 Å². The Kier molecular flexibility index (Phi) is 4.31. The summed E-state index contributed by atoms with van der Waals surface area (Å²) in [5.41, 5.74) is 0.679. The Morgan fingerprint density at radius 3 is 2.74 bits per heavy atom. The molecule has 5 nitrogen and oxygen atoms in total. The molecule has 1 aromatic carbocycles. The number of rotatable bonds is 4. The number of para-hydroxylation sites is 1. The van der Waals surface area contributed by atoms with Gasteiger partial charge in [0.1, 0.15) is 0 Å². The van der Waals surface area contributed by atoms with E-state index in [-0.39, 0.29) is 30.0 Å². The second-order valence-electron chi connectivity index (χ2n) is 4.50. The molecule has 0 saturated carbocycles. The average Bonchev–Trinajstić information content (AvgIpc) is 2.67. The highest BCUT2D eigenvalue weighted by Gasteiger charge is 2.28. The Morgan fingerprint density at radius 2 is 2.11 bits per heavy atom. The first-order chi connectivity index (χ1) is 8.96. The molecule has 1 aromatic rings. The van der Waals surface area contributed by atoms with Crippen molar-refractivity contribution < 1.29 is 13.2 Å². The lowest BCUT2D eigenvalue weighted by molar-refractivity contribution is -0.119. The van der Waals surface area contributed by atoms with Crippen LogP contribution in [0.4, 0.5) is 5.69 Å². The van der Waals surface area contributed by atoms with Crippen LogP contribution >= 0.6 is 11.6 Å². The fourth-order valence-corrected chi connectivity index (χ4v) is 3.84. The van der Waals surface area contributed by atoms with Crippen LogP contribution in [0, 0.1) is 0 Å². The van der Waals surface area contributed by atoms with Gasteiger partial charge in [-0.1, -0.05) is 23.7 Å². The van der Waals surface area contributed by atoms with Gasteiger partial charge < -0.3 is 10.6 Å². The normalized spacial score (nSPS) is 21.0. The van der Waals surface area contributed by atoms with Gasteiger partial charge in [-0.25, -0.2) is 8.42 Å². The minimum absolute atomic E-state index is 0.0326. The molecule has 1 heterocycles. The molecule has 0 bridgehead atoms. The number of hydrogen-bond donors (Lipinski definition) is 2. The molecule has 7 heteroatoms. The van der Waals surface area contributed by atoms with Crippen LogP contribution in [0.25, 0.3) is 0 Å². The average molecular weight is 303 g/mol. The fraction of sp³-hybridized carbons (Fsp3) is 0.417. The van der Waals surface area contributed by atoms with Crippen molar-refractivity contribution in [3.05, 3.63) is 29.3 Å². The van der Waals surface area contributed by atoms with Crippen LogP contribution in [0.5, 0.6) is 0 Å². The zero-order chi connectivity index (χ0) is 13.9. The standard InChI is InChI=1S/C12H15ClN2O3S/c13-10-3-1-2-4-11(10)14-7-12(16)15-9-5-6-19(17,18)8-9/h1-4,9,14H,5-8H2,(H,15,16)/t9-/m0/s1. The van der Waals surface area contributed by atoms with Crippen LogP contribution in [0.1, 0.15) is 6.42 Å². The summed E-state index contributed by atoms with van der Waals surface area (Å²) in [6.07, 6.45) is 0.486. The first-order valence-electron chi connectivity index (χ1n) is 5.94. The van der Waals surface area contributed by atoms with E-state index in [1.807, 2.05) is 6.07 Å². The van der Waals surface area contributed by atoms with Crippen LogP contribution in [-0.4, -0.2) is 38.4 Å². The van der Waals surface area contributed by atoms with E-state index < -0.39 is 9.84 Å². The van der Waals surface area contributed by atoms with E-state index in [1.165, 1.54) is 0 Å². The maximum atomic E-state index is 11.7. The summed E-state index contributed by atoms with van der Waals surface area (Å²) in [5.74, 6) is -0.0530. The maximum Gasteiger partial charge on any atom is 0.239 e. The van der Waals surface area contributed by atoms with E-state index in [0.29, 0.717) is 17.1 Å². The molecule has 0 aliphatic carbocycles. The number of sulfone groups is 1. The summed E-state index contributed by atoms with van der Waals surface area (Å²) in [7, 11) is -2.97. The molecule has 1 fully saturated rings. The molecule has 0 radical (unpaired) electrons. The van der Waals surface area contributed by atoms with Crippen molar-refractivity contribution in [1.82, 2.24) is 5.32 Å². The number of halogens is 1. The monoisotopic (exact) mass is 302 g/mol. The SMILES string of the molecule is O=C(CNc1ccccc1Cl)N[C@H]1CCS(=O)(=O)C1. The van der Waals surface area contributed by atoms with E-state index >= 15 is 0 Å². The largest absolute Gasteiger partial charge is 0.375 e. The highest BCUT2D eigenvalue weighted by atomic mass is 35.5. The third-order valence-corrected chi connectivity index (χ3v) is 5.01. The van der Waals surface area contributed by atoms with Crippen molar-refractivity contribution >= 4 is 33.0 Å². The predicted octanol–water partition coefficient (Wildman–Crippen LogP) is 1.06. The first-order valence-corrected chi connectivity index (χ1v) is 8.14. The lowest BCUT2D eigenvalue weighted by atomic mass is 10.2. The molecule has 104 valence electrons. The third-order valence-electron chi connectivity index (χ3n) is 2.91. The van der Waals surface area contributed by atoms with Gasteiger partial charge in [0.25, 0.3) is 0 Å². The molecule has 1 atom stereocenters. The molecule has 2 rings (SSSR count). The molecular formula is C12H15ClN2O3S. The fourth-order valence-electron chi connectivity index (χ4n) is 1.97. The van der Waals surface area contributed by atoms with Gasteiger partial charge in [-0.3, -0.25) is 4.79 Å². The minimum Gasteiger partial charge on any atom is -0.375 e. The quantitative estimate of drug-likeness (QED) is 0.872. The molecular weight excluding hydrogens is 288 g/mol. The smallest absolute Gasteiger partial charge is 0.239 e. The highest BCUT2D eigenvalue weighted by molar-refractivity contribution is 7.91. The van der Waals surface area contributed by atoms with E-state index in [1.54, 1.807) is 18.2 Å². The molecule has 2 N–H and O–H groups in total.